The zero-order chi connectivity index (χ0) is 56.6. The van der Waals surface area contributed by atoms with Crippen LogP contribution in [0.4, 0.5) is 45.5 Å². The van der Waals surface area contributed by atoms with Crippen LogP contribution in [0.2, 0.25) is 0 Å². The van der Waals surface area contributed by atoms with E-state index in [0.717, 1.165) is 59.7 Å². The minimum atomic E-state index is -0.190. The smallest absolute Gasteiger partial charge is 0.252 e. The van der Waals surface area contributed by atoms with Gasteiger partial charge in [0.05, 0.1) is 16.9 Å². The second-order valence-electron chi connectivity index (χ2n) is 30.1. The number of rotatable bonds is 3. The summed E-state index contributed by atoms with van der Waals surface area (Å²) >= 11 is 1.90. The highest BCUT2D eigenvalue weighted by Crippen LogP contribution is 2.63. The number of para-hydroxylation sites is 1. The number of hydrogen-bond acceptors (Lipinski definition) is 5. The summed E-state index contributed by atoms with van der Waals surface area (Å²) in [6.07, 6.45) is 9.35. The van der Waals surface area contributed by atoms with Gasteiger partial charge in [-0.1, -0.05) is 175 Å². The maximum absolute atomic E-state index is 7.41. The quantitative estimate of drug-likeness (QED) is 0.165. The Morgan fingerprint density at radius 3 is 1.85 bits per heavy atom. The van der Waals surface area contributed by atoms with Gasteiger partial charge in [0.2, 0.25) is 0 Å². The Balaban J connectivity index is 1.09. The number of furan rings is 1. The van der Waals surface area contributed by atoms with Crippen molar-refractivity contribution in [3.05, 3.63) is 173 Å². The highest BCUT2D eigenvalue weighted by molar-refractivity contribution is 7.26. The van der Waals surface area contributed by atoms with E-state index in [1.165, 1.54) is 129 Å². The van der Waals surface area contributed by atoms with Crippen molar-refractivity contribution in [3.8, 4) is 0 Å². The third kappa shape index (κ3) is 6.74. The summed E-state index contributed by atoms with van der Waals surface area (Å²) in [6.45, 7) is 32.2. The third-order valence-electron chi connectivity index (χ3n) is 22.5. The lowest BCUT2D eigenvalue weighted by Crippen LogP contribution is -2.62. The molecule has 82 heavy (non-hydrogen) atoms. The SMILES string of the molecule is CC(C)(C)c1ccc2c(c1)C1(C)CCCCC1(C)N2c1cc2c3c(c1)N(c1cccc4sc5ccccc5c14)c1c(ccc4c1oc1ccccc14)B3c1cc3c(cc1N2c1ccc2c(c1)C(C)(C)CCC2(C)C)C(C)(C)CCC3(C)C. The van der Waals surface area contributed by atoms with E-state index in [9.17, 15) is 0 Å². The van der Waals surface area contributed by atoms with E-state index in [1.807, 2.05) is 11.3 Å². The Hall–Kier alpha value is -6.76. The Kier molecular flexibility index (Phi) is 10.3. The Morgan fingerprint density at radius 1 is 0.463 bits per heavy atom. The summed E-state index contributed by atoms with van der Waals surface area (Å²) in [5, 5.41) is 4.89. The third-order valence-corrected chi connectivity index (χ3v) is 23.6. The molecule has 3 aliphatic heterocycles. The molecule has 412 valence electrons. The van der Waals surface area contributed by atoms with Crippen molar-refractivity contribution in [2.75, 3.05) is 14.7 Å². The standard InChI is InChI=1S/C76H78BN3OS/c1-70(2,3)45-27-32-58-55(39-45)75(12)33-18-19-34-76(75,13)80(58)47-41-61-67-62(42-47)79(59-23-20-26-65-66(59)50-22-15-17-25-64(50)82-65)68-56(31-29-49-48-21-14-16-24-63(48)81-69(49)68)77(67)57-43-53-54(74(10,11)38-37-73(53,8)9)44-60(57)78(61)46-28-30-51-52(40-46)72(6,7)36-35-71(51,4)5/h14-17,20-32,39-44H,18-19,33-38H2,1-13H3. The van der Waals surface area contributed by atoms with Gasteiger partial charge in [0, 0.05) is 70.5 Å². The normalized spacial score (nSPS) is 22.5. The average Bonchev–Trinajstić information content (AvgIpc) is 3.64. The number of benzene rings is 8. The van der Waals surface area contributed by atoms with Crippen LogP contribution in [-0.2, 0) is 32.5 Å². The molecule has 1 fully saturated rings. The Morgan fingerprint density at radius 2 is 1.11 bits per heavy atom. The summed E-state index contributed by atoms with van der Waals surface area (Å²) in [5.41, 5.74) is 24.6. The van der Waals surface area contributed by atoms with Crippen molar-refractivity contribution in [2.24, 2.45) is 0 Å². The van der Waals surface area contributed by atoms with Gasteiger partial charge in [0.15, 0.2) is 5.58 Å². The lowest BCUT2D eigenvalue weighted by Gasteiger charge is -2.51. The molecule has 8 aromatic carbocycles. The molecule has 2 aromatic heterocycles. The van der Waals surface area contributed by atoms with Crippen LogP contribution in [-0.4, -0.2) is 12.3 Å². The lowest BCUT2D eigenvalue weighted by atomic mass is 9.33. The predicted octanol–water partition coefficient (Wildman–Crippen LogP) is 19.8. The highest BCUT2D eigenvalue weighted by atomic mass is 32.1. The molecule has 0 radical (unpaired) electrons. The van der Waals surface area contributed by atoms with Crippen LogP contribution < -0.4 is 31.1 Å². The van der Waals surface area contributed by atoms with Gasteiger partial charge in [-0.25, -0.2) is 0 Å². The Bertz CT molecular complexity index is 4430. The summed E-state index contributed by atoms with van der Waals surface area (Å²) in [4.78, 5) is 8.34. The number of thiophene rings is 1. The van der Waals surface area contributed by atoms with Gasteiger partial charge >= 0.3 is 0 Å². The second-order valence-corrected chi connectivity index (χ2v) is 31.2. The van der Waals surface area contributed by atoms with E-state index in [4.69, 9.17) is 4.42 Å². The van der Waals surface area contributed by atoms with Crippen LogP contribution in [0.1, 0.15) is 175 Å². The maximum atomic E-state index is 7.41. The topological polar surface area (TPSA) is 22.9 Å². The molecule has 2 atom stereocenters. The fourth-order valence-electron chi connectivity index (χ4n) is 17.2. The molecule has 4 nitrogen and oxygen atoms in total. The molecule has 10 aromatic rings. The summed E-state index contributed by atoms with van der Waals surface area (Å²) in [6, 6.07) is 55.7. The van der Waals surface area contributed by atoms with Gasteiger partial charge in [-0.2, -0.15) is 0 Å². The maximum Gasteiger partial charge on any atom is 0.252 e. The van der Waals surface area contributed by atoms with E-state index in [0.29, 0.717) is 0 Å². The summed E-state index contributed by atoms with van der Waals surface area (Å²) in [5.74, 6) is 0. The van der Waals surface area contributed by atoms with E-state index >= 15 is 0 Å². The average molecular weight is 1090 g/mol. The first-order chi connectivity index (χ1) is 39.0. The molecule has 6 heteroatoms. The first kappa shape index (κ1) is 50.9. The van der Waals surface area contributed by atoms with Crippen molar-refractivity contribution in [1.82, 2.24) is 0 Å². The largest absolute Gasteiger partial charge is 0.454 e. The van der Waals surface area contributed by atoms with Crippen LogP contribution in [0, 0.1) is 0 Å². The molecular formula is C76H78BN3OS. The van der Waals surface area contributed by atoms with E-state index in [2.05, 4.69) is 244 Å². The number of fused-ring (bicyclic) bond motifs is 16. The van der Waals surface area contributed by atoms with Crippen molar-refractivity contribution in [1.29, 1.82) is 0 Å². The molecule has 0 bridgehead atoms. The second kappa shape index (κ2) is 16.5. The fourth-order valence-corrected chi connectivity index (χ4v) is 18.3. The molecule has 0 spiro atoms. The summed E-state index contributed by atoms with van der Waals surface area (Å²) in [7, 11) is 0. The zero-order valence-electron chi connectivity index (χ0n) is 50.7. The predicted molar refractivity (Wildman–Crippen MR) is 353 cm³/mol. The van der Waals surface area contributed by atoms with Gasteiger partial charge in [-0.3, -0.25) is 0 Å². The molecule has 3 aliphatic carbocycles. The zero-order valence-corrected chi connectivity index (χ0v) is 51.5. The van der Waals surface area contributed by atoms with Gasteiger partial charge in [0.1, 0.15) is 5.58 Å². The molecule has 0 amide bonds. The number of anilines is 8. The van der Waals surface area contributed by atoms with Crippen molar-refractivity contribution in [3.63, 3.8) is 0 Å². The monoisotopic (exact) mass is 1090 g/mol. The van der Waals surface area contributed by atoms with Crippen molar-refractivity contribution < 1.29 is 4.42 Å². The first-order valence-electron chi connectivity index (χ1n) is 30.9. The highest BCUT2D eigenvalue weighted by Gasteiger charge is 2.59. The first-order valence-corrected chi connectivity index (χ1v) is 31.7. The number of hydrogen-bond donors (Lipinski definition) is 0. The molecule has 2 unspecified atom stereocenters. The fraction of sp³-hybridized carbons (Fsp3) is 0.368. The molecule has 1 saturated carbocycles. The Labute approximate surface area is 490 Å². The van der Waals surface area contributed by atoms with Crippen molar-refractivity contribution in [2.45, 2.75) is 179 Å². The molecular weight excluding hydrogens is 1010 g/mol. The van der Waals surface area contributed by atoms with Gasteiger partial charge in [-0.15, -0.1) is 11.3 Å². The van der Waals surface area contributed by atoms with E-state index < -0.39 is 0 Å². The summed E-state index contributed by atoms with van der Waals surface area (Å²) < 4.78 is 10.0. The van der Waals surface area contributed by atoms with Crippen molar-refractivity contribution >= 4 is 122 Å². The van der Waals surface area contributed by atoms with E-state index in [-0.39, 0.29) is 44.7 Å². The van der Waals surface area contributed by atoms with E-state index in [1.54, 1.807) is 0 Å². The van der Waals surface area contributed by atoms with Gasteiger partial charge in [0.25, 0.3) is 6.71 Å². The van der Waals surface area contributed by atoms with Gasteiger partial charge in [-0.05, 0) is 183 Å². The minimum Gasteiger partial charge on any atom is -0.454 e. The molecule has 0 saturated heterocycles. The molecule has 0 N–H and O–H groups in total. The van der Waals surface area contributed by atoms with Crippen LogP contribution in [0.25, 0.3) is 42.1 Å². The van der Waals surface area contributed by atoms with Gasteiger partial charge < -0.3 is 19.1 Å². The van der Waals surface area contributed by atoms with Crippen LogP contribution in [0.3, 0.4) is 0 Å². The lowest BCUT2D eigenvalue weighted by molar-refractivity contribution is 0.195. The number of nitrogens with zero attached hydrogens (tertiary/aromatic N) is 3. The molecule has 16 rings (SSSR count). The van der Waals surface area contributed by atoms with Crippen LogP contribution >= 0.6 is 11.3 Å². The molecule has 6 aliphatic rings. The van der Waals surface area contributed by atoms with Crippen LogP contribution in [0.15, 0.2) is 144 Å². The van der Waals surface area contributed by atoms with Crippen LogP contribution in [0.5, 0.6) is 0 Å². The minimum absolute atomic E-state index is 0.000925. The molecule has 5 heterocycles.